The molecule has 0 aromatic heterocycles. The van der Waals surface area contributed by atoms with Gasteiger partial charge in [-0.05, 0) is 13.0 Å². The minimum absolute atomic E-state index is 0.0970. The highest BCUT2D eigenvalue weighted by atomic mass is 16.4. The number of carboxylic acids is 1. The van der Waals surface area contributed by atoms with E-state index in [4.69, 9.17) is 5.11 Å². The van der Waals surface area contributed by atoms with Crippen LogP contribution in [0.4, 0.5) is 0 Å². The SMILES string of the molecule is CCCCCCCCCCCCCCCCCCCCCCCCCCCCCCCCCCCCCCCCCCCCNCC(=O)O. The molecular weight excluding hydrogens is 599 g/mol. The molecule has 0 spiro atoms. The number of rotatable bonds is 45. The second-order valence-corrected chi connectivity index (χ2v) is 16.1. The van der Waals surface area contributed by atoms with Crippen molar-refractivity contribution in [1.29, 1.82) is 0 Å². The molecule has 0 aromatic rings. The predicted molar refractivity (Wildman–Crippen MR) is 220 cm³/mol. The molecule has 0 heterocycles. The average molecular weight is 692 g/mol. The second kappa shape index (κ2) is 45.5. The molecule has 294 valence electrons. The van der Waals surface area contributed by atoms with Crippen molar-refractivity contribution in [2.24, 2.45) is 0 Å². The average Bonchev–Trinajstić information content (AvgIpc) is 3.10. The molecule has 49 heavy (non-hydrogen) atoms. The van der Waals surface area contributed by atoms with E-state index in [0.29, 0.717) is 0 Å². The molecule has 0 amide bonds. The van der Waals surface area contributed by atoms with Gasteiger partial charge in [0.05, 0.1) is 6.54 Å². The molecule has 0 radical (unpaired) electrons. The summed E-state index contributed by atoms with van der Waals surface area (Å²) in [6.07, 6.45) is 60.7. The zero-order valence-electron chi connectivity index (χ0n) is 34.0. The number of carboxylic acid groups (broad SMARTS) is 1. The summed E-state index contributed by atoms with van der Waals surface area (Å²) in [6.45, 7) is 3.24. The lowest BCUT2D eigenvalue weighted by Crippen LogP contribution is -2.23. The highest BCUT2D eigenvalue weighted by molar-refractivity contribution is 5.68. The van der Waals surface area contributed by atoms with E-state index in [1.807, 2.05) is 0 Å². The third kappa shape index (κ3) is 47.4. The number of hydrogen-bond acceptors (Lipinski definition) is 2. The Hall–Kier alpha value is -0.570. The van der Waals surface area contributed by atoms with Gasteiger partial charge in [0.25, 0.3) is 0 Å². The Balaban J connectivity index is 3.05. The van der Waals surface area contributed by atoms with Gasteiger partial charge in [-0.1, -0.05) is 270 Å². The van der Waals surface area contributed by atoms with Crippen molar-refractivity contribution in [3.05, 3.63) is 0 Å². The number of carbonyl (C=O) groups is 1. The molecule has 0 atom stereocenters. The van der Waals surface area contributed by atoms with Crippen molar-refractivity contribution in [3.63, 3.8) is 0 Å². The van der Waals surface area contributed by atoms with Gasteiger partial charge in [0.15, 0.2) is 0 Å². The summed E-state index contributed by atoms with van der Waals surface area (Å²) in [6, 6.07) is 0. The maximum absolute atomic E-state index is 10.4. The van der Waals surface area contributed by atoms with Crippen LogP contribution >= 0.6 is 0 Å². The lowest BCUT2D eigenvalue weighted by atomic mass is 10.0. The summed E-state index contributed by atoms with van der Waals surface area (Å²) in [5, 5.41) is 11.6. The molecule has 0 aliphatic rings. The van der Waals surface area contributed by atoms with Crippen LogP contribution in [0, 0.1) is 0 Å². The maximum Gasteiger partial charge on any atom is 0.317 e. The molecule has 0 aliphatic heterocycles. The first kappa shape index (κ1) is 48.4. The summed E-state index contributed by atoms with van der Waals surface area (Å²) in [5.74, 6) is -0.757. The fraction of sp³-hybridized carbons (Fsp3) is 0.978. The third-order valence-corrected chi connectivity index (χ3v) is 11.0. The molecule has 0 saturated carbocycles. The lowest BCUT2D eigenvalue weighted by Gasteiger charge is -2.05. The van der Waals surface area contributed by atoms with Gasteiger partial charge in [0.2, 0.25) is 0 Å². The fourth-order valence-corrected chi connectivity index (χ4v) is 7.59. The first-order chi connectivity index (χ1) is 24.3. The van der Waals surface area contributed by atoms with Crippen LogP contribution in [0.5, 0.6) is 0 Å². The molecule has 0 unspecified atom stereocenters. The van der Waals surface area contributed by atoms with E-state index < -0.39 is 5.97 Å². The molecule has 0 rings (SSSR count). The van der Waals surface area contributed by atoms with Crippen molar-refractivity contribution in [1.82, 2.24) is 5.32 Å². The maximum atomic E-state index is 10.4. The largest absolute Gasteiger partial charge is 0.480 e. The van der Waals surface area contributed by atoms with Crippen LogP contribution in [-0.2, 0) is 4.79 Å². The van der Waals surface area contributed by atoms with Crippen molar-refractivity contribution in [2.75, 3.05) is 13.1 Å². The summed E-state index contributed by atoms with van der Waals surface area (Å²) in [7, 11) is 0. The Labute approximate surface area is 310 Å². The summed E-state index contributed by atoms with van der Waals surface area (Å²) in [5.41, 5.74) is 0. The Morgan fingerprint density at radius 2 is 0.469 bits per heavy atom. The molecule has 3 nitrogen and oxygen atoms in total. The highest BCUT2D eigenvalue weighted by Gasteiger charge is 1.99. The molecular formula is C46H93NO2. The molecule has 2 N–H and O–H groups in total. The molecule has 0 bridgehead atoms. The Bertz CT molecular complexity index is 594. The summed E-state index contributed by atoms with van der Waals surface area (Å²) in [4.78, 5) is 10.4. The summed E-state index contributed by atoms with van der Waals surface area (Å²) >= 11 is 0. The first-order valence-electron chi connectivity index (χ1n) is 23.2. The second-order valence-electron chi connectivity index (χ2n) is 16.1. The topological polar surface area (TPSA) is 49.3 Å². The predicted octanol–water partition coefficient (Wildman–Crippen LogP) is 16.1. The van der Waals surface area contributed by atoms with Gasteiger partial charge >= 0.3 is 5.97 Å². The van der Waals surface area contributed by atoms with E-state index in [0.717, 1.165) is 13.0 Å². The smallest absolute Gasteiger partial charge is 0.317 e. The van der Waals surface area contributed by atoms with Crippen LogP contribution in [0.3, 0.4) is 0 Å². The number of hydrogen-bond donors (Lipinski definition) is 2. The van der Waals surface area contributed by atoms with E-state index in [1.54, 1.807) is 0 Å². The van der Waals surface area contributed by atoms with Crippen molar-refractivity contribution >= 4 is 5.97 Å². The molecule has 3 heteroatoms. The zero-order valence-corrected chi connectivity index (χ0v) is 34.0. The molecule has 0 aliphatic carbocycles. The van der Waals surface area contributed by atoms with Crippen LogP contribution in [0.1, 0.15) is 277 Å². The van der Waals surface area contributed by atoms with E-state index >= 15 is 0 Å². The van der Waals surface area contributed by atoms with Crippen LogP contribution in [-0.4, -0.2) is 24.2 Å². The quantitative estimate of drug-likeness (QED) is 0.0625. The Kier molecular flexibility index (Phi) is 44.9. The van der Waals surface area contributed by atoms with E-state index in [1.165, 1.54) is 263 Å². The third-order valence-electron chi connectivity index (χ3n) is 11.0. The van der Waals surface area contributed by atoms with Crippen LogP contribution < -0.4 is 5.32 Å². The first-order valence-corrected chi connectivity index (χ1v) is 23.2. The molecule has 0 saturated heterocycles. The van der Waals surface area contributed by atoms with Crippen molar-refractivity contribution in [2.45, 2.75) is 277 Å². The lowest BCUT2D eigenvalue weighted by molar-refractivity contribution is -0.135. The van der Waals surface area contributed by atoms with Gasteiger partial charge in [-0.25, -0.2) is 0 Å². The monoisotopic (exact) mass is 692 g/mol. The van der Waals surface area contributed by atoms with E-state index in [2.05, 4.69) is 12.2 Å². The van der Waals surface area contributed by atoms with Gasteiger partial charge in [-0.2, -0.15) is 0 Å². The minimum atomic E-state index is -0.757. The van der Waals surface area contributed by atoms with Gasteiger partial charge in [-0.3, -0.25) is 4.79 Å². The number of aliphatic carboxylic acids is 1. The standard InChI is InChI=1S/C46H93NO2/c1-2-3-4-5-6-7-8-9-10-11-12-13-14-15-16-17-18-19-20-21-22-23-24-25-26-27-28-29-30-31-32-33-34-35-36-37-38-39-40-41-42-43-44-47-45-46(48)49/h47H,2-45H2,1H3,(H,48,49). The van der Waals surface area contributed by atoms with E-state index in [-0.39, 0.29) is 6.54 Å². The zero-order chi connectivity index (χ0) is 35.4. The highest BCUT2D eigenvalue weighted by Crippen LogP contribution is 2.18. The van der Waals surface area contributed by atoms with Gasteiger partial charge in [-0.15, -0.1) is 0 Å². The summed E-state index contributed by atoms with van der Waals surface area (Å²) < 4.78 is 0. The van der Waals surface area contributed by atoms with Crippen molar-refractivity contribution < 1.29 is 9.90 Å². The van der Waals surface area contributed by atoms with Crippen molar-refractivity contribution in [3.8, 4) is 0 Å². The van der Waals surface area contributed by atoms with Gasteiger partial charge in [0.1, 0.15) is 0 Å². The Morgan fingerprint density at radius 3 is 0.633 bits per heavy atom. The molecule has 0 fully saturated rings. The van der Waals surface area contributed by atoms with Crippen LogP contribution in [0.25, 0.3) is 0 Å². The minimum Gasteiger partial charge on any atom is -0.480 e. The van der Waals surface area contributed by atoms with Crippen LogP contribution in [0.2, 0.25) is 0 Å². The Morgan fingerprint density at radius 1 is 0.306 bits per heavy atom. The van der Waals surface area contributed by atoms with E-state index in [9.17, 15) is 4.79 Å². The normalized spacial score (nSPS) is 11.5. The fourth-order valence-electron chi connectivity index (χ4n) is 7.59. The van der Waals surface area contributed by atoms with Gasteiger partial charge < -0.3 is 10.4 Å². The molecule has 0 aromatic carbocycles. The van der Waals surface area contributed by atoms with Crippen LogP contribution in [0.15, 0.2) is 0 Å². The number of unbranched alkanes of at least 4 members (excludes halogenated alkanes) is 41. The van der Waals surface area contributed by atoms with Gasteiger partial charge in [0, 0.05) is 0 Å². The number of nitrogens with one attached hydrogen (secondary N) is 1.